The van der Waals surface area contributed by atoms with E-state index in [0.29, 0.717) is 0 Å². The number of aromatic nitrogens is 2. The molecule has 1 aromatic heterocycles. The topological polar surface area (TPSA) is 29.9 Å². The van der Waals surface area contributed by atoms with Crippen LogP contribution in [0.5, 0.6) is 0 Å². The van der Waals surface area contributed by atoms with Gasteiger partial charge >= 0.3 is 0 Å². The van der Waals surface area contributed by atoms with Crippen molar-refractivity contribution in [3.05, 3.63) is 49.1 Å². The average Bonchev–Trinajstić information content (AvgIpc) is 2.96. The van der Waals surface area contributed by atoms with E-state index >= 15 is 0 Å². The summed E-state index contributed by atoms with van der Waals surface area (Å²) in [4.78, 5) is 5.39. The fourth-order valence-electron chi connectivity index (χ4n) is 1.85. The van der Waals surface area contributed by atoms with E-state index in [9.17, 15) is 0 Å². The first kappa shape index (κ1) is 14.2. The quantitative estimate of drug-likeness (QED) is 0.563. The van der Waals surface area contributed by atoms with Crippen LogP contribution in [0.25, 0.3) is 0 Å². The van der Waals surface area contributed by atoms with Crippen molar-refractivity contribution in [1.29, 1.82) is 0 Å². The molecule has 0 fully saturated rings. The molecule has 0 aliphatic rings. The van der Waals surface area contributed by atoms with Crippen LogP contribution in [0.2, 0.25) is 0 Å². The molecule has 2 rings (SSSR count). The minimum atomic E-state index is 1.07. The van der Waals surface area contributed by atoms with Crippen molar-refractivity contribution in [2.45, 2.75) is 24.3 Å². The first-order chi connectivity index (χ1) is 9.45. The van der Waals surface area contributed by atoms with E-state index < -0.39 is 0 Å². The molecule has 0 aliphatic heterocycles. The van der Waals surface area contributed by atoms with Gasteiger partial charge in [-0.25, -0.2) is 4.98 Å². The number of rotatable bonds is 9. The smallest absolute Gasteiger partial charge is 0.0945 e. The molecular weight excluding hydrogens is 254 g/mol. The maximum atomic E-state index is 4.03. The maximum absolute atomic E-state index is 4.03. The molecule has 0 radical (unpaired) electrons. The monoisotopic (exact) mass is 275 g/mol. The number of thioether (sulfide) groups is 1. The molecule has 0 atom stereocenters. The standard InChI is InChI=1S/C15H21N3S/c1-2-6-15(7-3-1)19-13-10-16-8-4-5-11-18-12-9-17-14-18/h1-3,6-7,9,12,14,16H,4-5,8,10-11,13H2. The first-order valence-electron chi connectivity index (χ1n) is 6.79. The van der Waals surface area contributed by atoms with Gasteiger partial charge in [0.1, 0.15) is 0 Å². The average molecular weight is 275 g/mol. The lowest BCUT2D eigenvalue weighted by atomic mass is 10.3. The zero-order valence-corrected chi connectivity index (χ0v) is 12.0. The van der Waals surface area contributed by atoms with Crippen LogP contribution >= 0.6 is 11.8 Å². The molecule has 0 saturated heterocycles. The Morgan fingerprint density at radius 3 is 2.79 bits per heavy atom. The van der Waals surface area contributed by atoms with Crippen molar-refractivity contribution in [1.82, 2.24) is 14.9 Å². The Bertz CT molecular complexity index is 428. The summed E-state index contributed by atoms with van der Waals surface area (Å²) in [5.41, 5.74) is 0. The number of hydrogen-bond donors (Lipinski definition) is 1. The first-order valence-corrected chi connectivity index (χ1v) is 7.78. The van der Waals surface area contributed by atoms with Gasteiger partial charge in [0.15, 0.2) is 0 Å². The van der Waals surface area contributed by atoms with E-state index in [1.807, 2.05) is 30.5 Å². The molecule has 4 heteroatoms. The Morgan fingerprint density at radius 2 is 2.00 bits per heavy atom. The number of aryl methyl sites for hydroxylation is 1. The van der Waals surface area contributed by atoms with E-state index in [4.69, 9.17) is 0 Å². The lowest BCUT2D eigenvalue weighted by Gasteiger charge is -2.05. The molecule has 0 amide bonds. The third kappa shape index (κ3) is 5.94. The van der Waals surface area contributed by atoms with Gasteiger partial charge in [0, 0.05) is 36.1 Å². The van der Waals surface area contributed by atoms with E-state index in [1.165, 1.54) is 17.7 Å². The van der Waals surface area contributed by atoms with Crippen molar-refractivity contribution in [2.24, 2.45) is 0 Å². The van der Waals surface area contributed by atoms with Gasteiger partial charge in [0.2, 0.25) is 0 Å². The van der Waals surface area contributed by atoms with E-state index in [1.54, 1.807) is 0 Å². The van der Waals surface area contributed by atoms with Gasteiger partial charge in [-0.15, -0.1) is 11.8 Å². The number of imidazole rings is 1. The fourth-order valence-corrected chi connectivity index (χ4v) is 2.68. The van der Waals surface area contributed by atoms with Crippen LogP contribution in [-0.2, 0) is 6.54 Å². The van der Waals surface area contributed by atoms with Gasteiger partial charge in [-0.3, -0.25) is 0 Å². The molecule has 1 N–H and O–H groups in total. The van der Waals surface area contributed by atoms with Crippen LogP contribution in [-0.4, -0.2) is 28.4 Å². The number of nitrogens with one attached hydrogen (secondary N) is 1. The highest BCUT2D eigenvalue weighted by Crippen LogP contribution is 2.15. The van der Waals surface area contributed by atoms with Gasteiger partial charge in [0.25, 0.3) is 0 Å². The third-order valence-electron chi connectivity index (χ3n) is 2.87. The van der Waals surface area contributed by atoms with Gasteiger partial charge in [-0.05, 0) is 31.5 Å². The highest BCUT2D eigenvalue weighted by molar-refractivity contribution is 7.99. The van der Waals surface area contributed by atoms with Crippen LogP contribution in [0.3, 0.4) is 0 Å². The number of benzene rings is 1. The zero-order valence-electron chi connectivity index (χ0n) is 11.2. The van der Waals surface area contributed by atoms with Crippen LogP contribution in [0.4, 0.5) is 0 Å². The zero-order chi connectivity index (χ0) is 13.2. The largest absolute Gasteiger partial charge is 0.337 e. The van der Waals surface area contributed by atoms with E-state index in [-0.39, 0.29) is 0 Å². The summed E-state index contributed by atoms with van der Waals surface area (Å²) in [7, 11) is 0. The van der Waals surface area contributed by atoms with E-state index in [2.05, 4.69) is 45.2 Å². The van der Waals surface area contributed by atoms with Crippen LogP contribution in [0.15, 0.2) is 53.9 Å². The summed E-state index contributed by atoms with van der Waals surface area (Å²) in [5, 5.41) is 3.49. The van der Waals surface area contributed by atoms with Crippen molar-refractivity contribution < 1.29 is 0 Å². The minimum absolute atomic E-state index is 1.07. The van der Waals surface area contributed by atoms with Gasteiger partial charge in [-0.1, -0.05) is 18.2 Å². The molecule has 0 aliphatic carbocycles. The van der Waals surface area contributed by atoms with Crippen LogP contribution < -0.4 is 5.32 Å². The van der Waals surface area contributed by atoms with Crippen molar-refractivity contribution >= 4 is 11.8 Å². The van der Waals surface area contributed by atoms with Crippen molar-refractivity contribution in [3.63, 3.8) is 0 Å². The molecule has 0 bridgehead atoms. The molecule has 19 heavy (non-hydrogen) atoms. The lowest BCUT2D eigenvalue weighted by molar-refractivity contribution is 0.577. The number of nitrogens with zero attached hydrogens (tertiary/aromatic N) is 2. The summed E-state index contributed by atoms with van der Waals surface area (Å²) >= 11 is 1.91. The molecule has 3 nitrogen and oxygen atoms in total. The fraction of sp³-hybridized carbons (Fsp3) is 0.400. The molecule has 1 heterocycles. The summed E-state index contributed by atoms with van der Waals surface area (Å²) in [5.74, 6) is 1.13. The Labute approximate surface area is 119 Å². The second kappa shape index (κ2) is 8.77. The number of unbranched alkanes of at least 4 members (excludes halogenated alkanes) is 1. The lowest BCUT2D eigenvalue weighted by Crippen LogP contribution is -2.18. The summed E-state index contributed by atoms with van der Waals surface area (Å²) < 4.78 is 2.13. The Kier molecular flexibility index (Phi) is 6.54. The van der Waals surface area contributed by atoms with Crippen LogP contribution in [0.1, 0.15) is 12.8 Å². The predicted molar refractivity (Wildman–Crippen MR) is 81.5 cm³/mol. The van der Waals surface area contributed by atoms with Gasteiger partial charge < -0.3 is 9.88 Å². The molecule has 1 aromatic carbocycles. The molecule has 102 valence electrons. The number of hydrogen-bond acceptors (Lipinski definition) is 3. The maximum Gasteiger partial charge on any atom is 0.0945 e. The van der Waals surface area contributed by atoms with Gasteiger partial charge in [-0.2, -0.15) is 0 Å². The minimum Gasteiger partial charge on any atom is -0.337 e. The molecule has 0 unspecified atom stereocenters. The SMILES string of the molecule is c1ccc(SCCNCCCCn2ccnc2)cc1. The third-order valence-corrected chi connectivity index (χ3v) is 3.88. The molecular formula is C15H21N3S. The summed E-state index contributed by atoms with van der Waals surface area (Å²) in [6, 6.07) is 10.6. The molecule has 2 aromatic rings. The summed E-state index contributed by atoms with van der Waals surface area (Å²) in [6.45, 7) is 3.25. The van der Waals surface area contributed by atoms with Crippen molar-refractivity contribution in [2.75, 3.05) is 18.8 Å². The Morgan fingerprint density at radius 1 is 1.11 bits per heavy atom. The van der Waals surface area contributed by atoms with Crippen molar-refractivity contribution in [3.8, 4) is 0 Å². The predicted octanol–water partition coefficient (Wildman–Crippen LogP) is 3.05. The van der Waals surface area contributed by atoms with Gasteiger partial charge in [0.05, 0.1) is 6.33 Å². The normalized spacial score (nSPS) is 10.7. The highest BCUT2D eigenvalue weighted by Gasteiger charge is 1.93. The second-order valence-corrected chi connectivity index (χ2v) is 5.59. The Balaban J connectivity index is 1.42. The molecule has 0 spiro atoms. The highest BCUT2D eigenvalue weighted by atomic mass is 32.2. The Hall–Kier alpha value is -1.26. The summed E-state index contributed by atoms with van der Waals surface area (Å²) in [6.07, 6.45) is 8.15. The van der Waals surface area contributed by atoms with Crippen LogP contribution in [0, 0.1) is 0 Å². The second-order valence-electron chi connectivity index (χ2n) is 4.42. The van der Waals surface area contributed by atoms with E-state index in [0.717, 1.165) is 25.4 Å². The molecule has 0 saturated carbocycles.